The summed E-state index contributed by atoms with van der Waals surface area (Å²) < 4.78 is 45.5. The first kappa shape index (κ1) is 24.7. The second-order valence-corrected chi connectivity index (χ2v) is 13.5. The van der Waals surface area contributed by atoms with E-state index >= 15 is 0 Å². The van der Waals surface area contributed by atoms with Gasteiger partial charge in [0.25, 0.3) is 0 Å². The van der Waals surface area contributed by atoms with Crippen molar-refractivity contribution in [3.05, 3.63) is 29.3 Å². The van der Waals surface area contributed by atoms with Gasteiger partial charge < -0.3 is 4.74 Å². The molecule has 0 bridgehead atoms. The molecule has 1 aliphatic heterocycles. The van der Waals surface area contributed by atoms with Crippen LogP contribution in [0.15, 0.2) is 12.1 Å². The zero-order valence-electron chi connectivity index (χ0n) is 19.3. The molecule has 0 aromatic heterocycles. The van der Waals surface area contributed by atoms with Crippen LogP contribution in [-0.2, 0) is 0 Å². The van der Waals surface area contributed by atoms with Crippen molar-refractivity contribution in [3.63, 3.8) is 0 Å². The Morgan fingerprint density at radius 1 is 0.903 bits per heavy atom. The highest BCUT2D eigenvalue weighted by Gasteiger charge is 2.25. The third-order valence-electron chi connectivity index (χ3n) is 7.80. The zero-order valence-corrected chi connectivity index (χ0v) is 20.5. The second-order valence-electron chi connectivity index (χ2n) is 10.0. The molecule has 2 aliphatic rings. The lowest BCUT2D eigenvalue weighted by molar-refractivity contribution is 0.250. The van der Waals surface area contributed by atoms with Crippen LogP contribution in [0.2, 0.25) is 18.1 Å². The zero-order chi connectivity index (χ0) is 22.1. The summed E-state index contributed by atoms with van der Waals surface area (Å²) in [6.45, 7) is 1.26. The topological polar surface area (TPSA) is 9.23 Å². The second kappa shape index (κ2) is 12.9. The fourth-order valence-electron chi connectivity index (χ4n) is 5.96. The summed E-state index contributed by atoms with van der Waals surface area (Å²) in [5, 5.41) is 0. The lowest BCUT2D eigenvalue weighted by Crippen LogP contribution is -2.21. The summed E-state index contributed by atoms with van der Waals surface area (Å²) in [6.07, 6.45) is 14.2. The Morgan fingerprint density at radius 2 is 1.48 bits per heavy atom. The van der Waals surface area contributed by atoms with Crippen LogP contribution in [0.5, 0.6) is 5.75 Å². The first-order valence-corrected chi connectivity index (χ1v) is 15.2. The Morgan fingerprint density at radius 3 is 2.03 bits per heavy atom. The normalized spacial score (nSPS) is 26.7. The molecule has 1 aliphatic carbocycles. The lowest BCUT2D eigenvalue weighted by atomic mass is 9.77. The summed E-state index contributed by atoms with van der Waals surface area (Å²) in [7, 11) is -0.345. The van der Waals surface area contributed by atoms with Gasteiger partial charge >= 0.3 is 0 Å². The number of ether oxygens (including phenoxy) is 1. The maximum absolute atomic E-state index is 14.2. The summed E-state index contributed by atoms with van der Waals surface area (Å²) in [4.78, 5) is 0. The Labute approximate surface area is 188 Å². The van der Waals surface area contributed by atoms with E-state index in [1.54, 1.807) is 18.1 Å². The molecule has 0 unspecified atom stereocenters. The Balaban J connectivity index is 1.34. The van der Waals surface area contributed by atoms with Gasteiger partial charge in [-0.05, 0) is 61.1 Å². The molecule has 1 heterocycles. The minimum absolute atomic E-state index is 0.220. The molecule has 5 heteroatoms. The van der Waals surface area contributed by atoms with Crippen LogP contribution >= 0.6 is 0 Å². The molecular formula is C26H41F3OSi. The fraction of sp³-hybridized carbons (Fsp3) is 0.769. The molecule has 1 saturated carbocycles. The average Bonchev–Trinajstić information content (AvgIpc) is 2.78. The number of hydrogen-bond acceptors (Lipinski definition) is 1. The van der Waals surface area contributed by atoms with E-state index in [0.29, 0.717) is 0 Å². The van der Waals surface area contributed by atoms with Gasteiger partial charge in [-0.1, -0.05) is 70.0 Å². The van der Waals surface area contributed by atoms with Crippen molar-refractivity contribution in [2.75, 3.05) is 13.3 Å². The highest BCUT2D eigenvalue weighted by Crippen LogP contribution is 2.40. The molecule has 0 atom stereocenters. The van der Waals surface area contributed by atoms with Gasteiger partial charge in [0.05, 0.1) is 0 Å². The molecular weight excluding hydrogens is 413 g/mol. The Hall–Kier alpha value is -0.973. The van der Waals surface area contributed by atoms with E-state index in [0.717, 1.165) is 43.1 Å². The van der Waals surface area contributed by atoms with Crippen molar-refractivity contribution >= 4 is 8.80 Å². The fourth-order valence-corrected chi connectivity index (χ4v) is 9.53. The SMILES string of the molecule is CCC[SiH]1CCC(CCCCC2CCC(c3cc(F)c(OCCF)c(F)c3)CC2)CC1. The van der Waals surface area contributed by atoms with Crippen LogP contribution in [-0.4, -0.2) is 22.1 Å². The van der Waals surface area contributed by atoms with Gasteiger partial charge in [-0.15, -0.1) is 0 Å². The smallest absolute Gasteiger partial charge is 0.190 e. The van der Waals surface area contributed by atoms with Gasteiger partial charge in [0.1, 0.15) is 13.3 Å². The van der Waals surface area contributed by atoms with E-state index < -0.39 is 24.1 Å². The number of unbranched alkanes of at least 4 members (excludes halogenated alkanes) is 1. The predicted molar refractivity (Wildman–Crippen MR) is 126 cm³/mol. The molecule has 31 heavy (non-hydrogen) atoms. The number of hydrogen-bond donors (Lipinski definition) is 0. The standard InChI is InChI=1S/C26H41F3OSi/c1-2-15-31-16-11-21(12-17-31)6-4-3-5-20-7-9-22(10-8-20)23-18-24(28)26(25(29)19-23)30-14-13-27/h18-22,31H,2-17H2,1H3. The van der Waals surface area contributed by atoms with Crippen LogP contribution in [0.25, 0.3) is 0 Å². The van der Waals surface area contributed by atoms with Crippen LogP contribution < -0.4 is 4.74 Å². The van der Waals surface area contributed by atoms with Crippen LogP contribution in [0, 0.1) is 23.5 Å². The van der Waals surface area contributed by atoms with Gasteiger partial charge in [0.15, 0.2) is 17.4 Å². The molecule has 0 amide bonds. The van der Waals surface area contributed by atoms with Crippen molar-refractivity contribution in [2.45, 2.75) is 102 Å². The van der Waals surface area contributed by atoms with Crippen molar-refractivity contribution in [1.82, 2.24) is 0 Å². The van der Waals surface area contributed by atoms with Crippen molar-refractivity contribution < 1.29 is 17.9 Å². The van der Waals surface area contributed by atoms with Crippen molar-refractivity contribution in [2.24, 2.45) is 11.8 Å². The summed E-state index contributed by atoms with van der Waals surface area (Å²) in [6, 6.07) is 7.52. The van der Waals surface area contributed by atoms with E-state index in [1.807, 2.05) is 0 Å². The number of halogens is 3. The first-order valence-electron chi connectivity index (χ1n) is 12.8. The molecule has 1 aromatic carbocycles. The molecule has 0 radical (unpaired) electrons. The number of benzene rings is 1. The minimum atomic E-state index is -0.758. The van der Waals surface area contributed by atoms with E-state index in [2.05, 4.69) is 6.92 Å². The van der Waals surface area contributed by atoms with E-state index in [9.17, 15) is 13.2 Å². The van der Waals surface area contributed by atoms with Crippen LogP contribution in [0.3, 0.4) is 0 Å². The third kappa shape index (κ3) is 7.54. The molecule has 0 spiro atoms. The predicted octanol–water partition coefficient (Wildman–Crippen LogP) is 8.19. The summed E-state index contributed by atoms with van der Waals surface area (Å²) in [5.41, 5.74) is 0.725. The van der Waals surface area contributed by atoms with Gasteiger partial charge in [-0.3, -0.25) is 0 Å². The molecule has 1 nitrogen and oxygen atoms in total. The van der Waals surface area contributed by atoms with E-state index in [1.165, 1.54) is 57.1 Å². The Kier molecular flexibility index (Phi) is 10.3. The van der Waals surface area contributed by atoms with E-state index in [-0.39, 0.29) is 21.3 Å². The van der Waals surface area contributed by atoms with E-state index in [4.69, 9.17) is 4.74 Å². The number of rotatable bonds is 11. The quantitative estimate of drug-likeness (QED) is 0.242. The lowest BCUT2D eigenvalue weighted by Gasteiger charge is -2.30. The van der Waals surface area contributed by atoms with Crippen LogP contribution in [0.4, 0.5) is 13.2 Å². The number of alkyl halides is 1. The van der Waals surface area contributed by atoms with Crippen LogP contribution in [0.1, 0.15) is 89.0 Å². The maximum Gasteiger partial charge on any atom is 0.190 e. The summed E-state index contributed by atoms with van der Waals surface area (Å²) in [5.74, 6) is 0.118. The molecule has 1 saturated heterocycles. The minimum Gasteiger partial charge on any atom is -0.485 e. The molecule has 176 valence electrons. The monoisotopic (exact) mass is 454 g/mol. The van der Waals surface area contributed by atoms with Gasteiger partial charge in [-0.25, -0.2) is 13.2 Å². The summed E-state index contributed by atoms with van der Waals surface area (Å²) >= 11 is 0. The highest BCUT2D eigenvalue weighted by atomic mass is 28.3. The molecule has 2 fully saturated rings. The molecule has 3 rings (SSSR count). The third-order valence-corrected chi connectivity index (χ3v) is 11.5. The maximum atomic E-state index is 14.2. The van der Waals surface area contributed by atoms with Gasteiger partial charge in [0, 0.05) is 8.80 Å². The Bertz CT molecular complexity index is 629. The van der Waals surface area contributed by atoms with Crippen molar-refractivity contribution in [1.29, 1.82) is 0 Å². The molecule has 1 aromatic rings. The first-order chi connectivity index (χ1) is 15.1. The average molecular weight is 455 g/mol. The largest absolute Gasteiger partial charge is 0.485 e. The van der Waals surface area contributed by atoms with Gasteiger partial charge in [-0.2, -0.15) is 0 Å². The molecule has 0 N–H and O–H groups in total. The van der Waals surface area contributed by atoms with Crippen molar-refractivity contribution in [3.8, 4) is 5.75 Å². The van der Waals surface area contributed by atoms with Gasteiger partial charge in [0.2, 0.25) is 0 Å². The highest BCUT2D eigenvalue weighted by molar-refractivity contribution is 6.58.